The first-order chi connectivity index (χ1) is 16.1. The summed E-state index contributed by atoms with van der Waals surface area (Å²) in [4.78, 5) is 27.2. The van der Waals surface area contributed by atoms with E-state index in [0.717, 1.165) is 36.8 Å². The number of nitrogens with zero attached hydrogens (tertiary/aromatic N) is 1. The molecule has 1 aliphatic carbocycles. The quantitative estimate of drug-likeness (QED) is 0.529. The van der Waals surface area contributed by atoms with Crippen LogP contribution >= 0.6 is 0 Å². The van der Waals surface area contributed by atoms with E-state index in [1.807, 2.05) is 54.6 Å². The van der Waals surface area contributed by atoms with Crippen LogP contribution in [0.15, 0.2) is 78.9 Å². The highest BCUT2D eigenvalue weighted by Crippen LogP contribution is 2.24. The van der Waals surface area contributed by atoms with Crippen LogP contribution in [0, 0.1) is 0 Å². The number of likely N-dealkylation sites (N-methyl/N-ethyl adjacent to an activating group) is 1. The van der Waals surface area contributed by atoms with Crippen molar-refractivity contribution in [1.82, 2.24) is 5.32 Å². The van der Waals surface area contributed by atoms with E-state index >= 15 is 0 Å². The molecule has 0 atom stereocenters. The molecular weight excluding hydrogens is 412 g/mol. The molecule has 1 fully saturated rings. The highest BCUT2D eigenvalue weighted by atomic mass is 16.5. The van der Waals surface area contributed by atoms with Gasteiger partial charge in [0.25, 0.3) is 11.8 Å². The lowest BCUT2D eigenvalue weighted by molar-refractivity contribution is -0.120. The lowest BCUT2D eigenvalue weighted by atomic mass is 9.95. The molecule has 2 amide bonds. The van der Waals surface area contributed by atoms with Crippen LogP contribution in [0.1, 0.15) is 42.5 Å². The second kappa shape index (κ2) is 10.8. The Morgan fingerprint density at radius 3 is 2.21 bits per heavy atom. The molecule has 1 saturated carbocycles. The maximum Gasteiger partial charge on any atom is 0.264 e. The van der Waals surface area contributed by atoms with Crippen molar-refractivity contribution < 1.29 is 14.3 Å². The van der Waals surface area contributed by atoms with Gasteiger partial charge in [0.2, 0.25) is 0 Å². The smallest absolute Gasteiger partial charge is 0.264 e. The SMILES string of the molecule is CN(C(=O)COc1ccc(-c2ccccc2)cc1)c1ccccc1C(=O)NC1CCCCC1. The van der Waals surface area contributed by atoms with Crippen LogP contribution < -0.4 is 15.0 Å². The molecule has 3 aromatic rings. The first-order valence-electron chi connectivity index (χ1n) is 11.6. The van der Waals surface area contributed by atoms with Gasteiger partial charge < -0.3 is 15.0 Å². The Hall–Kier alpha value is -3.60. The van der Waals surface area contributed by atoms with Gasteiger partial charge in [-0.15, -0.1) is 0 Å². The van der Waals surface area contributed by atoms with E-state index in [-0.39, 0.29) is 24.5 Å². The third kappa shape index (κ3) is 5.80. The first kappa shape index (κ1) is 22.6. The zero-order valence-electron chi connectivity index (χ0n) is 19.0. The molecule has 4 rings (SSSR count). The average Bonchev–Trinajstić information content (AvgIpc) is 2.88. The summed E-state index contributed by atoms with van der Waals surface area (Å²) in [6.45, 7) is -0.111. The van der Waals surface area contributed by atoms with Gasteiger partial charge in [0.15, 0.2) is 6.61 Å². The van der Waals surface area contributed by atoms with Crippen molar-refractivity contribution in [2.45, 2.75) is 38.1 Å². The molecule has 0 saturated heterocycles. The Morgan fingerprint density at radius 1 is 0.848 bits per heavy atom. The Labute approximate surface area is 195 Å². The van der Waals surface area contributed by atoms with Crippen LogP contribution in [0.2, 0.25) is 0 Å². The van der Waals surface area contributed by atoms with Crippen molar-refractivity contribution >= 4 is 17.5 Å². The van der Waals surface area contributed by atoms with E-state index in [1.54, 1.807) is 19.2 Å². The van der Waals surface area contributed by atoms with E-state index in [0.29, 0.717) is 17.0 Å². The number of hydrogen-bond acceptors (Lipinski definition) is 3. The van der Waals surface area contributed by atoms with Gasteiger partial charge in [-0.3, -0.25) is 9.59 Å². The molecule has 0 spiro atoms. The number of ether oxygens (including phenoxy) is 1. The zero-order chi connectivity index (χ0) is 23.0. The summed E-state index contributed by atoms with van der Waals surface area (Å²) in [6.07, 6.45) is 5.55. The number of para-hydroxylation sites is 1. The normalized spacial score (nSPS) is 13.8. The van der Waals surface area contributed by atoms with Crippen molar-refractivity contribution in [3.05, 3.63) is 84.4 Å². The molecule has 1 N–H and O–H groups in total. The molecule has 5 heteroatoms. The van der Waals surface area contributed by atoms with E-state index in [9.17, 15) is 9.59 Å². The summed E-state index contributed by atoms with van der Waals surface area (Å²) in [6, 6.07) is 25.2. The predicted molar refractivity (Wildman–Crippen MR) is 132 cm³/mol. The summed E-state index contributed by atoms with van der Waals surface area (Å²) >= 11 is 0. The molecule has 0 aliphatic heterocycles. The van der Waals surface area contributed by atoms with Gasteiger partial charge in [-0.1, -0.05) is 73.9 Å². The van der Waals surface area contributed by atoms with E-state index < -0.39 is 0 Å². The fraction of sp³-hybridized carbons (Fsp3) is 0.286. The Kier molecular flexibility index (Phi) is 7.40. The summed E-state index contributed by atoms with van der Waals surface area (Å²) in [5, 5.41) is 3.14. The number of benzene rings is 3. The molecule has 0 unspecified atom stereocenters. The Balaban J connectivity index is 1.37. The predicted octanol–water partition coefficient (Wildman–Crippen LogP) is 5.46. The van der Waals surface area contributed by atoms with Gasteiger partial charge in [0.1, 0.15) is 5.75 Å². The molecule has 1 aliphatic rings. The summed E-state index contributed by atoms with van der Waals surface area (Å²) < 4.78 is 5.73. The molecule has 0 bridgehead atoms. The van der Waals surface area contributed by atoms with Crippen molar-refractivity contribution in [2.24, 2.45) is 0 Å². The fourth-order valence-corrected chi connectivity index (χ4v) is 4.22. The number of amides is 2. The molecule has 3 aromatic carbocycles. The van der Waals surface area contributed by atoms with Crippen molar-refractivity contribution in [1.29, 1.82) is 0 Å². The van der Waals surface area contributed by atoms with E-state index in [1.165, 1.54) is 11.3 Å². The minimum Gasteiger partial charge on any atom is -0.484 e. The monoisotopic (exact) mass is 442 g/mol. The minimum atomic E-state index is -0.222. The van der Waals surface area contributed by atoms with Gasteiger partial charge in [-0.05, 0) is 48.2 Å². The Bertz CT molecular complexity index is 1070. The molecule has 33 heavy (non-hydrogen) atoms. The fourth-order valence-electron chi connectivity index (χ4n) is 4.22. The lowest BCUT2D eigenvalue weighted by Crippen LogP contribution is -2.38. The molecule has 5 nitrogen and oxygen atoms in total. The third-order valence-electron chi connectivity index (χ3n) is 6.15. The Morgan fingerprint density at radius 2 is 1.48 bits per heavy atom. The molecule has 0 radical (unpaired) electrons. The number of carbonyl (C=O) groups excluding carboxylic acids is 2. The minimum absolute atomic E-state index is 0.111. The standard InChI is InChI=1S/C28H30N2O3/c1-30(26-15-9-8-14-25(26)28(32)29-23-12-6-3-7-13-23)27(31)20-33-24-18-16-22(17-19-24)21-10-4-2-5-11-21/h2,4-5,8-11,14-19,23H,3,6-7,12-13,20H2,1H3,(H,29,32). The average molecular weight is 443 g/mol. The van der Waals surface area contributed by atoms with Crippen LogP contribution in [0.25, 0.3) is 11.1 Å². The van der Waals surface area contributed by atoms with Gasteiger partial charge in [0, 0.05) is 13.1 Å². The summed E-state index contributed by atoms with van der Waals surface area (Å²) in [5.74, 6) is 0.273. The zero-order valence-corrected chi connectivity index (χ0v) is 19.0. The van der Waals surface area contributed by atoms with Crippen molar-refractivity contribution in [3.8, 4) is 16.9 Å². The number of rotatable bonds is 7. The topological polar surface area (TPSA) is 58.6 Å². The number of hydrogen-bond donors (Lipinski definition) is 1. The van der Waals surface area contributed by atoms with Crippen LogP contribution in [0.3, 0.4) is 0 Å². The maximum atomic E-state index is 12.9. The molecule has 0 heterocycles. The van der Waals surface area contributed by atoms with Crippen LogP contribution in [-0.2, 0) is 4.79 Å². The largest absolute Gasteiger partial charge is 0.484 e. The maximum absolute atomic E-state index is 12.9. The highest BCUT2D eigenvalue weighted by molar-refractivity contribution is 6.05. The lowest BCUT2D eigenvalue weighted by Gasteiger charge is -2.25. The first-order valence-corrected chi connectivity index (χ1v) is 11.6. The van der Waals surface area contributed by atoms with Gasteiger partial charge >= 0.3 is 0 Å². The van der Waals surface area contributed by atoms with Crippen molar-refractivity contribution in [2.75, 3.05) is 18.6 Å². The summed E-state index contributed by atoms with van der Waals surface area (Å²) in [5.41, 5.74) is 3.30. The van der Waals surface area contributed by atoms with Crippen LogP contribution in [0.5, 0.6) is 5.75 Å². The molecule has 170 valence electrons. The highest BCUT2D eigenvalue weighted by Gasteiger charge is 2.22. The van der Waals surface area contributed by atoms with E-state index in [4.69, 9.17) is 4.74 Å². The molecular formula is C28H30N2O3. The van der Waals surface area contributed by atoms with Gasteiger partial charge in [0.05, 0.1) is 11.3 Å². The van der Waals surface area contributed by atoms with Crippen LogP contribution in [-0.4, -0.2) is 31.5 Å². The van der Waals surface area contributed by atoms with E-state index in [2.05, 4.69) is 17.4 Å². The van der Waals surface area contributed by atoms with Gasteiger partial charge in [-0.25, -0.2) is 0 Å². The van der Waals surface area contributed by atoms with Crippen LogP contribution in [0.4, 0.5) is 5.69 Å². The van der Waals surface area contributed by atoms with Gasteiger partial charge in [-0.2, -0.15) is 0 Å². The number of anilines is 1. The third-order valence-corrected chi connectivity index (χ3v) is 6.15. The van der Waals surface area contributed by atoms with Crippen molar-refractivity contribution in [3.63, 3.8) is 0 Å². The second-order valence-electron chi connectivity index (χ2n) is 8.46. The summed E-state index contributed by atoms with van der Waals surface area (Å²) in [7, 11) is 1.68. The number of carbonyl (C=O) groups is 2. The molecule has 0 aromatic heterocycles. The number of nitrogens with one attached hydrogen (secondary N) is 1. The second-order valence-corrected chi connectivity index (χ2v) is 8.46.